The lowest BCUT2D eigenvalue weighted by molar-refractivity contribution is -0.656. The summed E-state index contributed by atoms with van der Waals surface area (Å²) >= 11 is 0. The molecule has 0 saturated carbocycles. The van der Waals surface area contributed by atoms with E-state index in [0.29, 0.717) is 18.8 Å². The van der Waals surface area contributed by atoms with Gasteiger partial charge >= 0.3 is 5.69 Å². The van der Waals surface area contributed by atoms with Gasteiger partial charge in [-0.15, -0.1) is 0 Å². The average molecular weight is 242 g/mol. The Bertz CT molecular complexity index is 476. The number of nitrogens with zero attached hydrogens (tertiary/aromatic N) is 2. The summed E-state index contributed by atoms with van der Waals surface area (Å²) in [7, 11) is 1.48. The molecule has 0 aromatic carbocycles. The lowest BCUT2D eigenvalue weighted by Gasteiger charge is -2.10. The molecule has 0 fully saturated rings. The van der Waals surface area contributed by atoms with Crippen molar-refractivity contribution < 1.29 is 10.4 Å². The maximum atomic E-state index is 11.8. The normalized spacial score (nSPS) is 10.8. The highest BCUT2D eigenvalue weighted by atomic mass is 16.3. The maximum Gasteiger partial charge on any atom is 0.330 e. The van der Waals surface area contributed by atoms with Crippen molar-refractivity contribution in [2.75, 3.05) is 19.7 Å². The second-order valence-electron chi connectivity index (χ2n) is 4.06. The second kappa shape index (κ2) is 6.36. The Morgan fingerprint density at radius 3 is 2.71 bits per heavy atom. The molecule has 0 amide bonds. The first kappa shape index (κ1) is 13.7. The maximum absolute atomic E-state index is 11.8. The number of aryl methyl sites for hydroxylation is 1. The third-order valence-corrected chi connectivity index (χ3v) is 2.73. The molecule has 1 aromatic rings. The van der Waals surface area contributed by atoms with Crippen molar-refractivity contribution in [2.45, 2.75) is 19.9 Å². The van der Waals surface area contributed by atoms with Gasteiger partial charge in [-0.05, 0) is 6.92 Å². The molecule has 3 N–H and O–H groups in total. The van der Waals surface area contributed by atoms with Crippen LogP contribution in [0.3, 0.4) is 0 Å². The Morgan fingerprint density at radius 2 is 2.06 bits per heavy atom. The lowest BCUT2D eigenvalue weighted by Crippen LogP contribution is -2.85. The third kappa shape index (κ3) is 3.54. The fraction of sp³-hybridized carbons (Fsp3) is 0.636. The summed E-state index contributed by atoms with van der Waals surface area (Å²) in [6.07, 6.45) is 0.832. The molecule has 0 unspecified atom stereocenters. The van der Waals surface area contributed by atoms with Crippen LogP contribution in [0.4, 0.5) is 0 Å². The largest absolute Gasteiger partial charge is 0.391 e. The fourth-order valence-corrected chi connectivity index (χ4v) is 1.68. The molecule has 0 spiro atoms. The van der Waals surface area contributed by atoms with Crippen LogP contribution in [0, 0.1) is 6.92 Å². The van der Waals surface area contributed by atoms with E-state index in [0.717, 1.165) is 17.5 Å². The van der Waals surface area contributed by atoms with Crippen molar-refractivity contribution in [1.29, 1.82) is 0 Å². The van der Waals surface area contributed by atoms with Crippen LogP contribution in [0.1, 0.15) is 12.1 Å². The van der Waals surface area contributed by atoms with Crippen molar-refractivity contribution in [1.82, 2.24) is 9.13 Å². The highest BCUT2D eigenvalue weighted by Gasteiger charge is 2.05. The minimum atomic E-state index is -0.268. The summed E-state index contributed by atoms with van der Waals surface area (Å²) in [6.45, 7) is 4.07. The molecule has 1 heterocycles. The topological polar surface area (TPSA) is 80.8 Å². The predicted molar refractivity (Wildman–Crippen MR) is 64.0 cm³/mol. The molecule has 0 aliphatic rings. The van der Waals surface area contributed by atoms with E-state index in [1.807, 2.05) is 5.32 Å². The molecular formula is C11H20N3O3+. The number of hydrogen-bond acceptors (Lipinski definition) is 3. The molecule has 0 bridgehead atoms. The van der Waals surface area contributed by atoms with Crippen molar-refractivity contribution in [3.63, 3.8) is 0 Å². The van der Waals surface area contributed by atoms with Gasteiger partial charge in [-0.1, -0.05) is 0 Å². The average Bonchev–Trinajstić information content (AvgIpc) is 2.30. The summed E-state index contributed by atoms with van der Waals surface area (Å²) in [5.74, 6) is 0. The molecule has 96 valence electrons. The zero-order valence-electron chi connectivity index (χ0n) is 10.3. The zero-order chi connectivity index (χ0) is 12.8. The van der Waals surface area contributed by atoms with E-state index in [1.54, 1.807) is 11.5 Å². The molecule has 0 aliphatic carbocycles. The van der Waals surface area contributed by atoms with Crippen molar-refractivity contribution in [3.05, 3.63) is 32.6 Å². The van der Waals surface area contributed by atoms with Crippen LogP contribution in [-0.2, 0) is 13.6 Å². The number of rotatable bonds is 6. The minimum Gasteiger partial charge on any atom is -0.391 e. The highest BCUT2D eigenvalue weighted by Crippen LogP contribution is 1.91. The molecule has 6 nitrogen and oxygen atoms in total. The van der Waals surface area contributed by atoms with E-state index in [1.165, 1.54) is 13.1 Å². The molecule has 0 atom stereocenters. The van der Waals surface area contributed by atoms with Gasteiger partial charge in [0.1, 0.15) is 0 Å². The Balaban J connectivity index is 2.69. The summed E-state index contributed by atoms with van der Waals surface area (Å²) in [4.78, 5) is 23.1. The van der Waals surface area contributed by atoms with Crippen molar-refractivity contribution in [3.8, 4) is 0 Å². The lowest BCUT2D eigenvalue weighted by atomic mass is 10.3. The van der Waals surface area contributed by atoms with Crippen LogP contribution >= 0.6 is 0 Å². The van der Waals surface area contributed by atoms with Gasteiger partial charge in [0.05, 0.1) is 19.7 Å². The number of nitrogens with two attached hydrogens (primary N) is 1. The van der Waals surface area contributed by atoms with Crippen LogP contribution in [0.25, 0.3) is 0 Å². The summed E-state index contributed by atoms with van der Waals surface area (Å²) in [6, 6.07) is 1.47. The Hall–Kier alpha value is -1.40. The van der Waals surface area contributed by atoms with Crippen molar-refractivity contribution >= 4 is 0 Å². The summed E-state index contributed by atoms with van der Waals surface area (Å²) < 4.78 is 2.72. The summed E-state index contributed by atoms with van der Waals surface area (Å²) in [5, 5.41) is 10.6. The van der Waals surface area contributed by atoms with Gasteiger partial charge in [0.25, 0.3) is 5.56 Å². The smallest absolute Gasteiger partial charge is 0.330 e. The zero-order valence-corrected chi connectivity index (χ0v) is 10.3. The van der Waals surface area contributed by atoms with Gasteiger partial charge in [0.2, 0.25) is 0 Å². The standard InChI is InChI=1S/C11H19N3O3/c1-9-8-10(16)13(2)11(17)14(9)6-3-4-12-5-7-15/h8,12,15H,3-7H2,1-2H3/p+1. The molecule has 1 rings (SSSR count). The number of aromatic nitrogens is 2. The number of hydrogen-bond donors (Lipinski definition) is 2. The first-order chi connectivity index (χ1) is 8.07. The van der Waals surface area contributed by atoms with E-state index >= 15 is 0 Å². The minimum absolute atomic E-state index is 0.165. The Labute approximate surface area is 99.5 Å². The molecule has 0 radical (unpaired) electrons. The van der Waals surface area contributed by atoms with Crippen molar-refractivity contribution in [2.24, 2.45) is 7.05 Å². The van der Waals surface area contributed by atoms with E-state index in [9.17, 15) is 9.59 Å². The Morgan fingerprint density at radius 1 is 1.35 bits per heavy atom. The number of aliphatic hydroxyl groups is 1. The molecule has 1 aromatic heterocycles. The van der Waals surface area contributed by atoms with Crippen LogP contribution in [0.15, 0.2) is 15.7 Å². The van der Waals surface area contributed by atoms with E-state index in [4.69, 9.17) is 5.11 Å². The van der Waals surface area contributed by atoms with Crippen LogP contribution in [0.2, 0.25) is 0 Å². The third-order valence-electron chi connectivity index (χ3n) is 2.73. The molecule has 6 heteroatoms. The molecule has 17 heavy (non-hydrogen) atoms. The second-order valence-corrected chi connectivity index (χ2v) is 4.06. The summed E-state index contributed by atoms with van der Waals surface area (Å²) in [5.41, 5.74) is 0.160. The monoisotopic (exact) mass is 242 g/mol. The van der Waals surface area contributed by atoms with Gasteiger partial charge in [-0.25, -0.2) is 4.79 Å². The highest BCUT2D eigenvalue weighted by molar-refractivity contribution is 4.99. The fourth-order valence-electron chi connectivity index (χ4n) is 1.68. The number of aliphatic hydroxyl groups excluding tert-OH is 1. The molecule has 0 saturated heterocycles. The Kier molecular flexibility index (Phi) is 5.11. The first-order valence-electron chi connectivity index (χ1n) is 5.78. The van der Waals surface area contributed by atoms with Crippen LogP contribution < -0.4 is 16.6 Å². The van der Waals surface area contributed by atoms with Gasteiger partial charge in [-0.3, -0.25) is 13.9 Å². The van der Waals surface area contributed by atoms with Gasteiger partial charge in [0.15, 0.2) is 0 Å². The van der Waals surface area contributed by atoms with Gasteiger partial charge in [-0.2, -0.15) is 0 Å². The van der Waals surface area contributed by atoms with E-state index in [2.05, 4.69) is 0 Å². The molecule has 0 aliphatic heterocycles. The van der Waals surface area contributed by atoms with Crippen LogP contribution in [-0.4, -0.2) is 33.9 Å². The quantitative estimate of drug-likeness (QED) is 0.556. The van der Waals surface area contributed by atoms with E-state index < -0.39 is 0 Å². The van der Waals surface area contributed by atoms with E-state index in [-0.39, 0.29) is 17.9 Å². The number of quaternary nitrogens is 1. The SMILES string of the molecule is Cc1cc(=O)n(C)c(=O)n1CCC[NH2+]CCO. The van der Waals surface area contributed by atoms with Gasteiger partial charge in [0, 0.05) is 31.8 Å². The predicted octanol–water partition coefficient (Wildman–Crippen LogP) is -2.20. The van der Waals surface area contributed by atoms with Crippen LogP contribution in [0.5, 0.6) is 0 Å². The first-order valence-corrected chi connectivity index (χ1v) is 5.78. The van der Waals surface area contributed by atoms with Gasteiger partial charge < -0.3 is 10.4 Å². The molecular weight excluding hydrogens is 222 g/mol.